The van der Waals surface area contributed by atoms with Crippen molar-refractivity contribution in [3.8, 4) is 0 Å². The van der Waals surface area contributed by atoms with Crippen molar-refractivity contribution in [2.45, 2.75) is 37.6 Å². The first kappa shape index (κ1) is 14.3. The summed E-state index contributed by atoms with van der Waals surface area (Å²) in [6.45, 7) is 1.14. The van der Waals surface area contributed by atoms with E-state index in [-0.39, 0.29) is 0 Å². The lowest BCUT2D eigenvalue weighted by molar-refractivity contribution is -0.219. The Morgan fingerprint density at radius 3 is 2.68 bits per heavy atom. The van der Waals surface area contributed by atoms with Crippen LogP contribution in [0.1, 0.15) is 18.4 Å². The van der Waals surface area contributed by atoms with Crippen LogP contribution in [0.4, 0.5) is 13.2 Å². The van der Waals surface area contributed by atoms with E-state index in [1.165, 1.54) is 0 Å². The first-order valence-electron chi connectivity index (χ1n) is 6.36. The third-order valence-electron chi connectivity index (χ3n) is 3.55. The van der Waals surface area contributed by atoms with Gasteiger partial charge in [0.15, 0.2) is 6.10 Å². The van der Waals surface area contributed by atoms with Gasteiger partial charge >= 0.3 is 6.18 Å². The maximum Gasteiger partial charge on any atom is 0.415 e. The highest BCUT2D eigenvalue weighted by atomic mass is 19.4. The summed E-state index contributed by atoms with van der Waals surface area (Å²) in [6.07, 6.45) is -1.67. The van der Waals surface area contributed by atoms with Crippen LogP contribution in [-0.2, 0) is 6.42 Å². The van der Waals surface area contributed by atoms with Crippen LogP contribution in [-0.4, -0.2) is 46.4 Å². The van der Waals surface area contributed by atoms with E-state index in [1.54, 1.807) is 17.3 Å². The van der Waals surface area contributed by atoms with E-state index >= 15 is 0 Å². The maximum atomic E-state index is 12.6. The van der Waals surface area contributed by atoms with E-state index < -0.39 is 18.3 Å². The molecule has 6 heteroatoms. The van der Waals surface area contributed by atoms with Gasteiger partial charge in [-0.3, -0.25) is 9.88 Å². The fraction of sp³-hybridized carbons (Fsp3) is 0.615. The van der Waals surface area contributed by atoms with Crippen molar-refractivity contribution in [3.05, 3.63) is 30.1 Å². The molecule has 0 radical (unpaired) electrons. The molecule has 1 aliphatic rings. The minimum atomic E-state index is -4.54. The average molecular weight is 274 g/mol. The molecule has 0 spiro atoms. The van der Waals surface area contributed by atoms with Gasteiger partial charge in [-0.25, -0.2) is 0 Å². The fourth-order valence-electron chi connectivity index (χ4n) is 2.53. The second kappa shape index (κ2) is 5.88. The molecule has 0 saturated carbocycles. The first-order chi connectivity index (χ1) is 8.98. The smallest absolute Gasteiger partial charge is 0.382 e. The van der Waals surface area contributed by atoms with Gasteiger partial charge in [0.2, 0.25) is 0 Å². The Morgan fingerprint density at radius 1 is 1.37 bits per heavy atom. The molecule has 0 amide bonds. The minimum Gasteiger partial charge on any atom is -0.382 e. The normalized spacial score (nSPS) is 22.6. The lowest BCUT2D eigenvalue weighted by Crippen LogP contribution is -2.47. The molecule has 106 valence electrons. The van der Waals surface area contributed by atoms with Crippen molar-refractivity contribution in [2.75, 3.05) is 13.1 Å². The number of aliphatic hydroxyl groups is 1. The number of nitrogens with zero attached hydrogens (tertiary/aromatic N) is 2. The van der Waals surface area contributed by atoms with E-state index in [0.29, 0.717) is 32.4 Å². The summed E-state index contributed by atoms with van der Waals surface area (Å²) >= 11 is 0. The number of aliphatic hydroxyl groups excluding tert-OH is 1. The number of hydrogen-bond acceptors (Lipinski definition) is 3. The average Bonchev–Trinajstić information content (AvgIpc) is 2.83. The first-order valence-corrected chi connectivity index (χ1v) is 6.36. The molecular weight excluding hydrogens is 257 g/mol. The molecule has 1 aliphatic heterocycles. The highest BCUT2D eigenvalue weighted by molar-refractivity contribution is 5.10. The zero-order chi connectivity index (χ0) is 13.9. The molecule has 19 heavy (non-hydrogen) atoms. The number of rotatable bonds is 4. The quantitative estimate of drug-likeness (QED) is 0.912. The molecule has 1 saturated heterocycles. The van der Waals surface area contributed by atoms with Crippen molar-refractivity contribution in [3.63, 3.8) is 0 Å². The van der Waals surface area contributed by atoms with Gasteiger partial charge in [0.1, 0.15) is 0 Å². The lowest BCUT2D eigenvalue weighted by atomic mass is 10.1. The van der Waals surface area contributed by atoms with Crippen LogP contribution in [0.2, 0.25) is 0 Å². The Hall–Kier alpha value is -1.14. The number of pyridine rings is 1. The van der Waals surface area contributed by atoms with Gasteiger partial charge < -0.3 is 5.11 Å². The van der Waals surface area contributed by atoms with Crippen LogP contribution in [0.5, 0.6) is 0 Å². The molecule has 1 N–H and O–H groups in total. The number of hydrogen-bond donors (Lipinski definition) is 1. The Bertz CT molecular complexity index is 397. The van der Waals surface area contributed by atoms with E-state index in [1.807, 2.05) is 12.1 Å². The Labute approximate surface area is 110 Å². The topological polar surface area (TPSA) is 36.4 Å². The van der Waals surface area contributed by atoms with Crippen molar-refractivity contribution in [1.29, 1.82) is 0 Å². The van der Waals surface area contributed by atoms with Gasteiger partial charge in [0.05, 0.1) is 0 Å². The molecule has 1 aromatic heterocycles. The predicted octanol–water partition coefficient (Wildman–Crippen LogP) is 2.01. The number of alkyl halides is 3. The van der Waals surface area contributed by atoms with Gasteiger partial charge in [-0.1, -0.05) is 0 Å². The largest absolute Gasteiger partial charge is 0.415 e. The highest BCUT2D eigenvalue weighted by Crippen LogP contribution is 2.30. The molecular formula is C13H17F3N2O. The second-order valence-electron chi connectivity index (χ2n) is 4.84. The fourth-order valence-corrected chi connectivity index (χ4v) is 2.53. The molecule has 0 aliphatic carbocycles. The second-order valence-corrected chi connectivity index (χ2v) is 4.84. The molecule has 0 bridgehead atoms. The molecule has 1 fully saturated rings. The SMILES string of the molecule is O[C@@H]([C@@H]1CCCN1CCc1ccncc1)C(F)(F)F. The monoisotopic (exact) mass is 274 g/mol. The number of likely N-dealkylation sites (tertiary alicyclic amines) is 1. The third kappa shape index (κ3) is 3.67. The Morgan fingerprint density at radius 2 is 2.05 bits per heavy atom. The van der Waals surface area contributed by atoms with Gasteiger partial charge in [0.25, 0.3) is 0 Å². The molecule has 2 rings (SSSR count). The predicted molar refractivity (Wildman–Crippen MR) is 64.6 cm³/mol. The Balaban J connectivity index is 1.92. The van der Waals surface area contributed by atoms with Crippen molar-refractivity contribution in [2.24, 2.45) is 0 Å². The summed E-state index contributed by atoms with van der Waals surface area (Å²) in [4.78, 5) is 5.63. The van der Waals surface area contributed by atoms with Crippen molar-refractivity contribution >= 4 is 0 Å². The van der Waals surface area contributed by atoms with Gasteiger partial charge in [0, 0.05) is 25.0 Å². The lowest BCUT2D eigenvalue weighted by Gasteiger charge is -2.29. The van der Waals surface area contributed by atoms with Crippen molar-refractivity contribution in [1.82, 2.24) is 9.88 Å². The zero-order valence-corrected chi connectivity index (χ0v) is 10.5. The van der Waals surface area contributed by atoms with Gasteiger partial charge in [-0.15, -0.1) is 0 Å². The molecule has 3 nitrogen and oxygen atoms in total. The van der Waals surface area contributed by atoms with Gasteiger partial charge in [-0.05, 0) is 43.5 Å². The van der Waals surface area contributed by atoms with Crippen LogP contribution in [0, 0.1) is 0 Å². The van der Waals surface area contributed by atoms with Crippen LogP contribution >= 0.6 is 0 Å². The molecule has 0 aromatic carbocycles. The summed E-state index contributed by atoms with van der Waals surface area (Å²) in [5, 5.41) is 9.38. The van der Waals surface area contributed by atoms with Crippen LogP contribution < -0.4 is 0 Å². The third-order valence-corrected chi connectivity index (χ3v) is 3.55. The van der Waals surface area contributed by atoms with Crippen LogP contribution in [0.25, 0.3) is 0 Å². The summed E-state index contributed by atoms with van der Waals surface area (Å²) in [6, 6.07) is 2.90. The standard InChI is InChI=1S/C13H17F3N2O/c14-13(15,16)12(19)11-2-1-8-18(11)9-5-10-3-6-17-7-4-10/h3-4,6-7,11-12,19H,1-2,5,8-9H2/t11-,12-/m0/s1. The summed E-state index contributed by atoms with van der Waals surface area (Å²) < 4.78 is 37.7. The summed E-state index contributed by atoms with van der Waals surface area (Å²) in [5.41, 5.74) is 1.04. The zero-order valence-electron chi connectivity index (χ0n) is 10.5. The highest BCUT2D eigenvalue weighted by Gasteiger charge is 2.46. The van der Waals surface area contributed by atoms with E-state index in [0.717, 1.165) is 5.56 Å². The maximum absolute atomic E-state index is 12.6. The summed E-state index contributed by atoms with van der Waals surface area (Å²) in [5.74, 6) is 0. The van der Waals surface area contributed by atoms with Crippen molar-refractivity contribution < 1.29 is 18.3 Å². The van der Waals surface area contributed by atoms with E-state index in [2.05, 4.69) is 4.98 Å². The molecule has 2 heterocycles. The summed E-state index contributed by atoms with van der Waals surface area (Å²) in [7, 11) is 0. The van der Waals surface area contributed by atoms with E-state index in [9.17, 15) is 18.3 Å². The Kier molecular flexibility index (Phi) is 4.42. The number of aromatic nitrogens is 1. The minimum absolute atomic E-state index is 0.400. The van der Waals surface area contributed by atoms with Crippen LogP contribution in [0.15, 0.2) is 24.5 Å². The molecule has 0 unspecified atom stereocenters. The van der Waals surface area contributed by atoms with E-state index in [4.69, 9.17) is 0 Å². The molecule has 1 aromatic rings. The number of halogens is 3. The molecule has 2 atom stereocenters. The van der Waals surface area contributed by atoms with Gasteiger partial charge in [-0.2, -0.15) is 13.2 Å². The van der Waals surface area contributed by atoms with Crippen LogP contribution in [0.3, 0.4) is 0 Å².